The Labute approximate surface area is 134 Å². The van der Waals surface area contributed by atoms with Gasteiger partial charge in [0, 0.05) is 23.6 Å². The molecule has 2 N–H and O–H groups in total. The second-order valence-corrected chi connectivity index (χ2v) is 6.65. The number of hydrogen-bond acceptors (Lipinski definition) is 5. The van der Waals surface area contributed by atoms with Crippen molar-refractivity contribution in [1.82, 2.24) is 5.32 Å². The molecule has 0 aliphatic heterocycles. The predicted octanol–water partition coefficient (Wildman–Crippen LogP) is 2.87. The van der Waals surface area contributed by atoms with E-state index >= 15 is 0 Å². The van der Waals surface area contributed by atoms with Gasteiger partial charge in [0.1, 0.15) is 5.75 Å². The van der Waals surface area contributed by atoms with Crippen LogP contribution in [0.2, 0.25) is 0 Å². The van der Waals surface area contributed by atoms with Gasteiger partial charge in [0.25, 0.3) is 5.91 Å². The van der Waals surface area contributed by atoms with Gasteiger partial charge >= 0.3 is 12.6 Å². The molecule has 1 aromatic rings. The summed E-state index contributed by atoms with van der Waals surface area (Å²) in [5.41, 5.74) is 0.352. The highest BCUT2D eigenvalue weighted by Gasteiger charge is 2.07. The number of carboxylic acids is 1. The number of nitrogens with one attached hydrogen (secondary N) is 1. The lowest BCUT2D eigenvalue weighted by atomic mass is 10.2. The average Bonchev–Trinajstić information content (AvgIpc) is 2.46. The van der Waals surface area contributed by atoms with Crippen LogP contribution >= 0.6 is 21.6 Å². The zero-order chi connectivity index (χ0) is 16.4. The van der Waals surface area contributed by atoms with Crippen LogP contribution in [0.3, 0.4) is 0 Å². The van der Waals surface area contributed by atoms with Crippen LogP contribution < -0.4 is 10.1 Å². The number of carboxylic acid groups (broad SMARTS) is 1. The molecule has 0 aliphatic rings. The quantitative estimate of drug-likeness (QED) is 0.499. The van der Waals surface area contributed by atoms with Gasteiger partial charge in [-0.3, -0.25) is 9.59 Å². The third kappa shape index (κ3) is 8.08. The molecule has 0 aliphatic carbocycles. The van der Waals surface area contributed by atoms with Crippen molar-refractivity contribution in [2.24, 2.45) is 0 Å². The van der Waals surface area contributed by atoms with Crippen molar-refractivity contribution in [3.63, 3.8) is 0 Å². The van der Waals surface area contributed by atoms with E-state index in [2.05, 4.69) is 10.1 Å². The van der Waals surface area contributed by atoms with Gasteiger partial charge in [0.2, 0.25) is 0 Å². The summed E-state index contributed by atoms with van der Waals surface area (Å²) < 4.78 is 28.1. The molecule has 1 amide bonds. The molecule has 122 valence electrons. The molecule has 0 unspecified atom stereocenters. The summed E-state index contributed by atoms with van der Waals surface area (Å²) in [6.45, 7) is -2.46. The SMILES string of the molecule is O=C(O)CCSSCCNC(=O)c1ccc(OC(F)F)cc1. The van der Waals surface area contributed by atoms with Crippen LogP contribution in [0.1, 0.15) is 16.8 Å². The van der Waals surface area contributed by atoms with E-state index in [0.717, 1.165) is 0 Å². The molecular formula is C13H15F2NO4S2. The zero-order valence-electron chi connectivity index (χ0n) is 11.5. The Morgan fingerprint density at radius 2 is 1.82 bits per heavy atom. The molecule has 0 heterocycles. The molecule has 1 aromatic carbocycles. The summed E-state index contributed by atoms with van der Waals surface area (Å²) >= 11 is 0. The van der Waals surface area contributed by atoms with Gasteiger partial charge in [0.15, 0.2) is 0 Å². The van der Waals surface area contributed by atoms with Crippen molar-refractivity contribution in [2.45, 2.75) is 13.0 Å². The fraction of sp³-hybridized carbons (Fsp3) is 0.385. The maximum atomic E-state index is 12.0. The minimum Gasteiger partial charge on any atom is -0.481 e. The molecule has 0 aromatic heterocycles. The van der Waals surface area contributed by atoms with E-state index in [1.807, 2.05) is 0 Å². The zero-order valence-corrected chi connectivity index (χ0v) is 13.1. The molecule has 22 heavy (non-hydrogen) atoms. The van der Waals surface area contributed by atoms with Crippen molar-refractivity contribution in [2.75, 3.05) is 18.1 Å². The Balaban J connectivity index is 2.21. The molecular weight excluding hydrogens is 336 g/mol. The molecule has 9 heteroatoms. The highest BCUT2D eigenvalue weighted by atomic mass is 33.1. The Hall–Kier alpha value is -1.48. The topological polar surface area (TPSA) is 75.6 Å². The lowest BCUT2D eigenvalue weighted by Gasteiger charge is -2.07. The monoisotopic (exact) mass is 351 g/mol. The second-order valence-electron chi connectivity index (χ2n) is 3.95. The largest absolute Gasteiger partial charge is 0.481 e. The van der Waals surface area contributed by atoms with Crippen LogP contribution in [0.4, 0.5) is 8.78 Å². The van der Waals surface area contributed by atoms with E-state index in [0.29, 0.717) is 23.6 Å². The molecule has 5 nitrogen and oxygen atoms in total. The first-order chi connectivity index (χ1) is 10.5. The van der Waals surface area contributed by atoms with E-state index in [1.54, 1.807) is 0 Å². The summed E-state index contributed by atoms with van der Waals surface area (Å²) in [6.07, 6.45) is 0.108. The van der Waals surface area contributed by atoms with Crippen molar-refractivity contribution in [1.29, 1.82) is 0 Å². The first kappa shape index (κ1) is 18.6. The van der Waals surface area contributed by atoms with Gasteiger partial charge in [-0.1, -0.05) is 21.6 Å². The lowest BCUT2D eigenvalue weighted by Crippen LogP contribution is -2.25. The number of rotatable bonds is 10. The van der Waals surface area contributed by atoms with Crippen LogP contribution in [-0.4, -0.2) is 41.6 Å². The van der Waals surface area contributed by atoms with E-state index in [1.165, 1.54) is 45.9 Å². The molecule has 1 rings (SSSR count). The maximum Gasteiger partial charge on any atom is 0.387 e. The van der Waals surface area contributed by atoms with Gasteiger partial charge < -0.3 is 15.2 Å². The molecule has 0 atom stereocenters. The molecule has 0 fully saturated rings. The number of alkyl halides is 2. The fourth-order valence-corrected chi connectivity index (χ4v) is 3.23. The van der Waals surface area contributed by atoms with Gasteiger partial charge in [-0.15, -0.1) is 0 Å². The highest BCUT2D eigenvalue weighted by Crippen LogP contribution is 2.21. The Bertz CT molecular complexity index is 485. The minimum absolute atomic E-state index is 0.00284. The number of amides is 1. The van der Waals surface area contributed by atoms with Crippen molar-refractivity contribution >= 4 is 33.5 Å². The van der Waals surface area contributed by atoms with Crippen LogP contribution in [0.15, 0.2) is 24.3 Å². The summed E-state index contributed by atoms with van der Waals surface area (Å²) in [5, 5.41) is 11.1. The van der Waals surface area contributed by atoms with Gasteiger partial charge in [0.05, 0.1) is 6.42 Å². The van der Waals surface area contributed by atoms with E-state index in [4.69, 9.17) is 5.11 Å². The minimum atomic E-state index is -2.89. The predicted molar refractivity (Wildman–Crippen MR) is 82.6 cm³/mol. The lowest BCUT2D eigenvalue weighted by molar-refractivity contribution is -0.136. The number of hydrogen-bond donors (Lipinski definition) is 2. The van der Waals surface area contributed by atoms with E-state index in [-0.39, 0.29) is 18.1 Å². The first-order valence-corrected chi connectivity index (χ1v) is 8.77. The highest BCUT2D eigenvalue weighted by molar-refractivity contribution is 8.76. The van der Waals surface area contributed by atoms with E-state index in [9.17, 15) is 18.4 Å². The van der Waals surface area contributed by atoms with Crippen LogP contribution in [0, 0.1) is 0 Å². The Morgan fingerprint density at radius 1 is 1.18 bits per heavy atom. The van der Waals surface area contributed by atoms with Crippen molar-refractivity contribution < 1.29 is 28.2 Å². The van der Waals surface area contributed by atoms with Gasteiger partial charge in [-0.05, 0) is 24.3 Å². The summed E-state index contributed by atoms with van der Waals surface area (Å²) in [6, 6.07) is 5.42. The summed E-state index contributed by atoms with van der Waals surface area (Å²) in [5.74, 6) is 0.0136. The standard InChI is InChI=1S/C13H15F2NO4S2/c14-13(15)20-10-3-1-9(2-4-10)12(19)16-6-8-22-21-7-5-11(17)18/h1-4,13H,5-8H2,(H,16,19)(H,17,18). The molecule has 0 radical (unpaired) electrons. The van der Waals surface area contributed by atoms with Crippen LogP contribution in [0.5, 0.6) is 5.75 Å². The number of ether oxygens (including phenoxy) is 1. The van der Waals surface area contributed by atoms with Crippen LogP contribution in [-0.2, 0) is 4.79 Å². The maximum absolute atomic E-state index is 12.0. The van der Waals surface area contributed by atoms with Gasteiger partial charge in [-0.25, -0.2) is 0 Å². The number of benzene rings is 1. The molecule has 0 saturated carbocycles. The third-order valence-electron chi connectivity index (χ3n) is 2.30. The van der Waals surface area contributed by atoms with Crippen molar-refractivity contribution in [3.8, 4) is 5.75 Å². The van der Waals surface area contributed by atoms with E-state index < -0.39 is 12.6 Å². The van der Waals surface area contributed by atoms with Gasteiger partial charge in [-0.2, -0.15) is 8.78 Å². The normalized spacial score (nSPS) is 10.5. The molecule has 0 spiro atoms. The number of carbonyl (C=O) groups excluding carboxylic acids is 1. The summed E-state index contributed by atoms with van der Waals surface area (Å²) in [7, 11) is 2.91. The fourth-order valence-electron chi connectivity index (χ4n) is 1.34. The number of aliphatic carboxylic acids is 1. The number of carbonyl (C=O) groups is 2. The molecule has 0 saturated heterocycles. The molecule has 0 bridgehead atoms. The first-order valence-electron chi connectivity index (χ1n) is 6.28. The Kier molecular flexibility index (Phi) is 8.68. The number of halogens is 2. The van der Waals surface area contributed by atoms with Crippen molar-refractivity contribution in [3.05, 3.63) is 29.8 Å². The second kappa shape index (κ2) is 10.3. The average molecular weight is 351 g/mol. The van der Waals surface area contributed by atoms with Crippen LogP contribution in [0.25, 0.3) is 0 Å². The Morgan fingerprint density at radius 3 is 2.41 bits per heavy atom. The summed E-state index contributed by atoms with van der Waals surface area (Å²) in [4.78, 5) is 22.0. The third-order valence-corrected chi connectivity index (χ3v) is 4.70. The smallest absolute Gasteiger partial charge is 0.387 e.